The summed E-state index contributed by atoms with van der Waals surface area (Å²) in [7, 11) is 1.65. The summed E-state index contributed by atoms with van der Waals surface area (Å²) >= 11 is 0. The molecule has 10 nitrogen and oxygen atoms in total. The number of rotatable bonds is 8. The number of aliphatic hydroxyl groups excluding tert-OH is 1. The minimum absolute atomic E-state index is 0.0297. The summed E-state index contributed by atoms with van der Waals surface area (Å²) < 4.78 is 20.6. The molecular weight excluding hydrogens is 491 g/mol. The molecule has 2 heterocycles. The summed E-state index contributed by atoms with van der Waals surface area (Å²) in [5.41, 5.74) is 8.08. The van der Waals surface area contributed by atoms with Crippen LogP contribution in [-0.4, -0.2) is 77.0 Å². The van der Waals surface area contributed by atoms with Crippen LogP contribution < -0.4 is 15.8 Å². The Morgan fingerprint density at radius 3 is 2.87 bits per heavy atom. The fourth-order valence-electron chi connectivity index (χ4n) is 4.48. The molecule has 1 saturated heterocycles. The number of aromatic nitrogens is 2. The second-order valence-electron chi connectivity index (χ2n) is 9.09. The van der Waals surface area contributed by atoms with Crippen LogP contribution in [0.1, 0.15) is 18.4 Å². The molecule has 11 heteroatoms. The van der Waals surface area contributed by atoms with Crippen LogP contribution in [0.5, 0.6) is 5.75 Å². The molecule has 2 aromatic rings. The fraction of sp³-hybridized carbons (Fsp3) is 0.370. The van der Waals surface area contributed by atoms with Crippen molar-refractivity contribution in [2.75, 3.05) is 32.1 Å². The second kappa shape index (κ2) is 11.8. The number of alkyl halides is 1. The zero-order chi connectivity index (χ0) is 27.2. The summed E-state index contributed by atoms with van der Waals surface area (Å²) in [6.45, 7) is -0.529. The van der Waals surface area contributed by atoms with Crippen molar-refractivity contribution in [2.45, 2.75) is 25.1 Å². The van der Waals surface area contributed by atoms with Gasteiger partial charge in [0.15, 0.2) is 6.17 Å². The first-order valence-corrected chi connectivity index (χ1v) is 12.2. The van der Waals surface area contributed by atoms with Crippen LogP contribution in [0, 0.1) is 24.2 Å². The van der Waals surface area contributed by atoms with E-state index in [4.69, 9.17) is 22.0 Å². The highest BCUT2D eigenvalue weighted by atomic mass is 19.1. The molecule has 1 aromatic heterocycles. The number of nitrogens with zero attached hydrogens (tertiary/aromatic N) is 4. The van der Waals surface area contributed by atoms with Crippen LogP contribution in [0.25, 0.3) is 11.3 Å². The van der Waals surface area contributed by atoms with Crippen molar-refractivity contribution in [3.05, 3.63) is 47.9 Å². The van der Waals surface area contributed by atoms with Gasteiger partial charge in [-0.3, -0.25) is 14.6 Å². The van der Waals surface area contributed by atoms with Crippen LogP contribution in [0.4, 0.5) is 10.2 Å². The van der Waals surface area contributed by atoms with Gasteiger partial charge in [0.05, 0.1) is 17.8 Å². The van der Waals surface area contributed by atoms with Gasteiger partial charge in [0, 0.05) is 43.8 Å². The predicted octanol–water partition coefficient (Wildman–Crippen LogP) is 1.55. The number of terminal acetylenes is 1. The van der Waals surface area contributed by atoms with Gasteiger partial charge in [-0.05, 0) is 42.3 Å². The number of carbonyl (C=O) groups is 2. The number of likely N-dealkylation sites (tertiary alicyclic amines) is 1. The smallest absolute Gasteiger partial charge is 0.248 e. The summed E-state index contributed by atoms with van der Waals surface area (Å²) in [5.74, 6) is 2.39. The van der Waals surface area contributed by atoms with E-state index in [0.29, 0.717) is 34.8 Å². The van der Waals surface area contributed by atoms with E-state index in [1.807, 2.05) is 0 Å². The molecule has 2 amide bonds. The summed E-state index contributed by atoms with van der Waals surface area (Å²) in [6.07, 6.45) is 8.93. The molecule has 1 aromatic carbocycles. The first-order valence-electron chi connectivity index (χ1n) is 12.2. The largest absolute Gasteiger partial charge is 0.486 e. The molecular formula is C27H29FN6O4. The average molecular weight is 521 g/mol. The Hall–Kier alpha value is -4.30. The van der Waals surface area contributed by atoms with E-state index < -0.39 is 24.8 Å². The van der Waals surface area contributed by atoms with Gasteiger partial charge in [-0.2, -0.15) is 0 Å². The molecule has 2 fully saturated rings. The van der Waals surface area contributed by atoms with E-state index in [1.165, 1.54) is 17.4 Å². The van der Waals surface area contributed by atoms with Crippen molar-refractivity contribution in [1.82, 2.24) is 14.9 Å². The number of benzene rings is 1. The fourth-order valence-corrected chi connectivity index (χ4v) is 4.48. The van der Waals surface area contributed by atoms with Crippen molar-refractivity contribution >= 4 is 23.8 Å². The lowest BCUT2D eigenvalue weighted by molar-refractivity contribution is -0.138. The molecule has 4 unspecified atom stereocenters. The topological polar surface area (TPSA) is 143 Å². The Labute approximate surface area is 219 Å². The molecule has 4 N–H and O–H groups in total. The SMILES string of the molecule is C#Cc1cc(-c2cc(NC(=O)C3CC3C(C=NC)=CN)ncn2)ccc1OC1CCN(C(=O)CO)CC1F. The van der Waals surface area contributed by atoms with Crippen LogP contribution in [0.2, 0.25) is 0 Å². The predicted molar refractivity (Wildman–Crippen MR) is 140 cm³/mol. The standard InChI is InChI=1S/C27H29FN6O4/c1-3-16-8-17(4-5-23(16)38-24-6-7-34(13-21(24)28)26(36)14-35)22-10-25(32-15-31-22)33-27(37)20-9-19(20)18(11-29)12-30-2/h1,4-5,8,10-12,15,19-21,24,35H,6-7,9,13-14,29H2,2H3,(H,31,32,33,37). The Balaban J connectivity index is 1.43. The Morgan fingerprint density at radius 1 is 1.37 bits per heavy atom. The first-order chi connectivity index (χ1) is 18.4. The molecule has 198 valence electrons. The van der Waals surface area contributed by atoms with E-state index in [0.717, 1.165) is 5.57 Å². The Morgan fingerprint density at radius 2 is 2.18 bits per heavy atom. The molecule has 38 heavy (non-hydrogen) atoms. The van der Waals surface area contributed by atoms with Crippen LogP contribution in [0.15, 0.2) is 47.4 Å². The number of carbonyl (C=O) groups excluding carboxylic acids is 2. The number of allylic oxidation sites excluding steroid dienone is 1. The number of nitrogens with two attached hydrogens (primary N) is 1. The van der Waals surface area contributed by atoms with Crippen LogP contribution >= 0.6 is 0 Å². The lowest BCUT2D eigenvalue weighted by Gasteiger charge is -2.34. The second-order valence-corrected chi connectivity index (χ2v) is 9.09. The number of aliphatic hydroxyl groups is 1. The molecule has 4 atom stereocenters. The molecule has 2 aliphatic rings. The number of amides is 2. The minimum atomic E-state index is -1.42. The lowest BCUT2D eigenvalue weighted by Crippen LogP contribution is -2.50. The monoisotopic (exact) mass is 520 g/mol. The maximum atomic E-state index is 14.7. The van der Waals surface area contributed by atoms with Crippen molar-refractivity contribution in [3.63, 3.8) is 0 Å². The highest BCUT2D eigenvalue weighted by molar-refractivity contribution is 5.96. The van der Waals surface area contributed by atoms with Gasteiger partial charge in [-0.1, -0.05) is 5.92 Å². The average Bonchev–Trinajstić information content (AvgIpc) is 3.73. The van der Waals surface area contributed by atoms with Crippen LogP contribution in [-0.2, 0) is 9.59 Å². The quantitative estimate of drug-likeness (QED) is 0.354. The number of nitrogens with one attached hydrogen (secondary N) is 1. The summed E-state index contributed by atoms with van der Waals surface area (Å²) in [6, 6.07) is 6.72. The first kappa shape index (κ1) is 26.8. The van der Waals surface area contributed by atoms with E-state index in [1.54, 1.807) is 37.5 Å². The van der Waals surface area contributed by atoms with Crippen molar-refractivity contribution in [3.8, 4) is 29.4 Å². The van der Waals surface area contributed by atoms with E-state index in [-0.39, 0.29) is 37.3 Å². The van der Waals surface area contributed by atoms with Gasteiger partial charge in [0.25, 0.3) is 0 Å². The zero-order valence-electron chi connectivity index (χ0n) is 20.9. The third-order valence-electron chi connectivity index (χ3n) is 6.62. The third kappa shape index (κ3) is 5.98. The van der Waals surface area contributed by atoms with Crippen molar-refractivity contribution < 1.29 is 23.8 Å². The molecule has 0 bridgehead atoms. The summed E-state index contributed by atoms with van der Waals surface area (Å²) in [5, 5.41) is 11.8. The van der Waals surface area contributed by atoms with Gasteiger partial charge in [0.1, 0.15) is 30.6 Å². The number of piperidine rings is 1. The van der Waals surface area contributed by atoms with Gasteiger partial charge in [-0.15, -0.1) is 6.42 Å². The zero-order valence-corrected chi connectivity index (χ0v) is 20.9. The van der Waals surface area contributed by atoms with Gasteiger partial charge >= 0.3 is 0 Å². The van der Waals surface area contributed by atoms with Gasteiger partial charge in [0.2, 0.25) is 11.8 Å². The number of aliphatic imine (C=N–C) groups is 1. The summed E-state index contributed by atoms with van der Waals surface area (Å²) in [4.78, 5) is 38.0. The minimum Gasteiger partial charge on any atom is -0.486 e. The highest BCUT2D eigenvalue weighted by Gasteiger charge is 2.44. The molecule has 1 aliphatic heterocycles. The number of hydrogen-bond acceptors (Lipinski definition) is 8. The Bertz CT molecular complexity index is 1310. The number of hydrogen-bond donors (Lipinski definition) is 3. The molecule has 0 radical (unpaired) electrons. The number of ether oxygens (including phenoxy) is 1. The normalized spacial score (nSPS) is 23.1. The molecule has 1 aliphatic carbocycles. The van der Waals surface area contributed by atoms with Crippen LogP contribution in [0.3, 0.4) is 0 Å². The molecule has 0 spiro atoms. The van der Waals surface area contributed by atoms with Gasteiger partial charge < -0.3 is 25.8 Å². The maximum Gasteiger partial charge on any atom is 0.248 e. The number of halogens is 1. The van der Waals surface area contributed by atoms with E-state index in [2.05, 4.69) is 26.2 Å². The highest BCUT2D eigenvalue weighted by Crippen LogP contribution is 2.44. The Kier molecular flexibility index (Phi) is 8.33. The molecule has 1 saturated carbocycles. The van der Waals surface area contributed by atoms with E-state index >= 15 is 0 Å². The third-order valence-corrected chi connectivity index (χ3v) is 6.62. The molecule has 4 rings (SSSR count). The van der Waals surface area contributed by atoms with Crippen molar-refractivity contribution in [1.29, 1.82) is 0 Å². The van der Waals surface area contributed by atoms with E-state index in [9.17, 15) is 14.0 Å². The van der Waals surface area contributed by atoms with Gasteiger partial charge in [-0.25, -0.2) is 14.4 Å². The maximum absolute atomic E-state index is 14.7. The number of anilines is 1. The van der Waals surface area contributed by atoms with Crippen molar-refractivity contribution in [2.24, 2.45) is 22.6 Å². The lowest BCUT2D eigenvalue weighted by atomic mass is 10.0.